The summed E-state index contributed by atoms with van der Waals surface area (Å²) in [7, 11) is -3.41. The summed E-state index contributed by atoms with van der Waals surface area (Å²) in [5.41, 5.74) is -0.713. The number of benzene rings is 1. The Bertz CT molecular complexity index is 641. The van der Waals surface area contributed by atoms with Crippen LogP contribution in [0.4, 0.5) is 5.69 Å². The number of sulfone groups is 1. The molecule has 2 rings (SSSR count). The number of para-hydroxylation sites is 1. The van der Waals surface area contributed by atoms with Crippen molar-refractivity contribution in [1.29, 1.82) is 0 Å². The number of carboxylic acid groups (broad SMARTS) is 1. The van der Waals surface area contributed by atoms with E-state index in [2.05, 4.69) is 5.32 Å². The van der Waals surface area contributed by atoms with Gasteiger partial charge >= 0.3 is 5.97 Å². The Kier molecular flexibility index (Phi) is 4.27. The van der Waals surface area contributed by atoms with E-state index < -0.39 is 21.3 Å². The van der Waals surface area contributed by atoms with Crippen molar-refractivity contribution in [3.63, 3.8) is 0 Å². The van der Waals surface area contributed by atoms with Crippen LogP contribution in [0.2, 0.25) is 0 Å². The molecular weight excluding hydrogens is 290 g/mol. The molecule has 0 aliphatic heterocycles. The minimum Gasteiger partial charge on any atom is -0.480 e. The Morgan fingerprint density at radius 3 is 2.62 bits per heavy atom. The van der Waals surface area contributed by atoms with Crippen LogP contribution in [-0.4, -0.2) is 31.3 Å². The smallest absolute Gasteiger partial charge is 0.329 e. The summed E-state index contributed by atoms with van der Waals surface area (Å²) in [5, 5.41) is 12.7. The highest BCUT2D eigenvalue weighted by Gasteiger charge is 2.42. The Morgan fingerprint density at radius 1 is 1.38 bits per heavy atom. The predicted octanol–water partition coefficient (Wildman–Crippen LogP) is 2.54. The predicted molar refractivity (Wildman–Crippen MR) is 81.2 cm³/mol. The van der Waals surface area contributed by atoms with Crippen LogP contribution < -0.4 is 5.32 Å². The third-order valence-corrected chi connectivity index (χ3v) is 5.22. The molecule has 21 heavy (non-hydrogen) atoms. The van der Waals surface area contributed by atoms with Gasteiger partial charge in [-0.1, -0.05) is 31.9 Å². The second kappa shape index (κ2) is 5.67. The van der Waals surface area contributed by atoms with E-state index in [-0.39, 0.29) is 4.90 Å². The largest absolute Gasteiger partial charge is 0.480 e. The summed E-state index contributed by atoms with van der Waals surface area (Å²) in [5.74, 6) is -0.620. The minimum atomic E-state index is -3.41. The van der Waals surface area contributed by atoms with E-state index in [9.17, 15) is 18.3 Å². The molecule has 1 aliphatic rings. The molecule has 1 aliphatic carbocycles. The van der Waals surface area contributed by atoms with Gasteiger partial charge in [-0.2, -0.15) is 0 Å². The third-order valence-electron chi connectivity index (χ3n) is 4.07. The molecule has 5 nitrogen and oxygen atoms in total. The fraction of sp³-hybridized carbons (Fsp3) is 0.533. The molecule has 0 aromatic heterocycles. The van der Waals surface area contributed by atoms with Crippen LogP contribution >= 0.6 is 0 Å². The Morgan fingerprint density at radius 2 is 2.05 bits per heavy atom. The van der Waals surface area contributed by atoms with Gasteiger partial charge in [-0.15, -0.1) is 0 Å². The zero-order valence-electron chi connectivity index (χ0n) is 12.3. The number of carbonyl (C=O) groups is 1. The highest BCUT2D eigenvalue weighted by Crippen LogP contribution is 2.36. The van der Waals surface area contributed by atoms with Gasteiger partial charge in [-0.25, -0.2) is 13.2 Å². The quantitative estimate of drug-likeness (QED) is 0.892. The van der Waals surface area contributed by atoms with Gasteiger partial charge in [0.1, 0.15) is 5.54 Å². The van der Waals surface area contributed by atoms with Gasteiger partial charge in [-0.05, 0) is 30.9 Å². The van der Waals surface area contributed by atoms with Crippen molar-refractivity contribution in [3.05, 3.63) is 24.3 Å². The monoisotopic (exact) mass is 311 g/mol. The fourth-order valence-electron chi connectivity index (χ4n) is 3.06. The van der Waals surface area contributed by atoms with Crippen molar-refractivity contribution in [2.24, 2.45) is 5.92 Å². The summed E-state index contributed by atoms with van der Waals surface area (Å²) in [6.07, 6.45) is 3.96. The zero-order chi connectivity index (χ0) is 15.7. The zero-order valence-corrected chi connectivity index (χ0v) is 13.1. The van der Waals surface area contributed by atoms with Crippen LogP contribution in [0.25, 0.3) is 0 Å². The molecule has 1 saturated carbocycles. The number of hydrogen-bond acceptors (Lipinski definition) is 4. The van der Waals surface area contributed by atoms with Gasteiger partial charge in [0, 0.05) is 6.26 Å². The second-order valence-electron chi connectivity index (χ2n) is 5.98. The highest BCUT2D eigenvalue weighted by molar-refractivity contribution is 7.90. The molecule has 0 spiro atoms. The van der Waals surface area contributed by atoms with Crippen LogP contribution in [0.1, 0.15) is 32.6 Å². The summed E-state index contributed by atoms with van der Waals surface area (Å²) in [6, 6.07) is 6.47. The van der Waals surface area contributed by atoms with Gasteiger partial charge < -0.3 is 10.4 Å². The average Bonchev–Trinajstić information content (AvgIpc) is 2.38. The Labute approximate surface area is 125 Å². The average molecular weight is 311 g/mol. The maximum atomic E-state index is 11.8. The summed E-state index contributed by atoms with van der Waals surface area (Å²) < 4.78 is 23.7. The van der Waals surface area contributed by atoms with Crippen LogP contribution in [0.15, 0.2) is 29.2 Å². The lowest BCUT2D eigenvalue weighted by Crippen LogP contribution is -2.49. The van der Waals surface area contributed by atoms with Gasteiger partial charge in [0.15, 0.2) is 9.84 Å². The number of carboxylic acids is 1. The number of rotatable bonds is 4. The molecule has 0 bridgehead atoms. The molecule has 0 heterocycles. The van der Waals surface area contributed by atoms with Crippen LogP contribution in [0.5, 0.6) is 0 Å². The maximum Gasteiger partial charge on any atom is 0.329 e. The van der Waals surface area contributed by atoms with E-state index in [1.54, 1.807) is 18.2 Å². The Hall–Kier alpha value is -1.56. The molecule has 2 unspecified atom stereocenters. The first kappa shape index (κ1) is 15.8. The molecular formula is C15H21NO4S. The number of nitrogens with one attached hydrogen (secondary N) is 1. The molecule has 6 heteroatoms. The lowest BCUT2D eigenvalue weighted by Gasteiger charge is -2.38. The van der Waals surface area contributed by atoms with Crippen molar-refractivity contribution in [3.8, 4) is 0 Å². The molecule has 1 aromatic rings. The Balaban J connectivity index is 2.41. The van der Waals surface area contributed by atoms with Crippen molar-refractivity contribution in [2.75, 3.05) is 11.6 Å². The SMILES string of the molecule is CC1CCCC(Nc2ccccc2S(C)(=O)=O)(C(=O)O)C1. The highest BCUT2D eigenvalue weighted by atomic mass is 32.2. The van der Waals surface area contributed by atoms with Crippen molar-refractivity contribution in [1.82, 2.24) is 0 Å². The fourth-order valence-corrected chi connectivity index (χ4v) is 3.91. The summed E-state index contributed by atoms with van der Waals surface area (Å²) in [4.78, 5) is 11.9. The molecule has 116 valence electrons. The van der Waals surface area contributed by atoms with Gasteiger partial charge in [0.25, 0.3) is 0 Å². The minimum absolute atomic E-state index is 0.142. The molecule has 2 N–H and O–H groups in total. The van der Waals surface area contributed by atoms with Gasteiger partial charge in [0.2, 0.25) is 0 Å². The molecule has 2 atom stereocenters. The van der Waals surface area contributed by atoms with Gasteiger partial charge in [0.05, 0.1) is 10.6 Å². The molecule has 1 fully saturated rings. The first-order valence-corrected chi connectivity index (χ1v) is 8.94. The summed E-state index contributed by atoms with van der Waals surface area (Å²) >= 11 is 0. The van der Waals surface area contributed by atoms with E-state index in [1.807, 2.05) is 6.92 Å². The molecule has 1 aromatic carbocycles. The van der Waals surface area contributed by atoms with Gasteiger partial charge in [-0.3, -0.25) is 0 Å². The maximum absolute atomic E-state index is 11.8. The molecule has 0 amide bonds. The van der Waals surface area contributed by atoms with Crippen LogP contribution in [-0.2, 0) is 14.6 Å². The normalized spacial score (nSPS) is 26.3. The standard InChI is InChI=1S/C15H21NO4S/c1-11-6-5-9-15(10-11,14(17)18)16-12-7-3-4-8-13(12)21(2,19)20/h3-4,7-8,11,16H,5-6,9-10H2,1-2H3,(H,17,18). The second-order valence-corrected chi connectivity index (χ2v) is 7.97. The molecule has 0 radical (unpaired) electrons. The van der Waals surface area contributed by atoms with E-state index in [1.165, 1.54) is 6.07 Å². The number of aliphatic carboxylic acids is 1. The summed E-state index contributed by atoms with van der Waals surface area (Å²) in [6.45, 7) is 2.03. The third kappa shape index (κ3) is 3.37. The van der Waals surface area contributed by atoms with E-state index >= 15 is 0 Å². The van der Waals surface area contributed by atoms with Crippen LogP contribution in [0, 0.1) is 5.92 Å². The first-order valence-electron chi connectivity index (χ1n) is 7.05. The van der Waals surface area contributed by atoms with E-state index in [0.29, 0.717) is 24.4 Å². The molecule has 0 saturated heterocycles. The lowest BCUT2D eigenvalue weighted by atomic mass is 9.76. The van der Waals surface area contributed by atoms with Crippen molar-refractivity contribution >= 4 is 21.5 Å². The lowest BCUT2D eigenvalue weighted by molar-refractivity contribution is -0.144. The van der Waals surface area contributed by atoms with Crippen LogP contribution in [0.3, 0.4) is 0 Å². The van der Waals surface area contributed by atoms with Crippen molar-refractivity contribution in [2.45, 2.75) is 43.0 Å². The van der Waals surface area contributed by atoms with Crippen molar-refractivity contribution < 1.29 is 18.3 Å². The van der Waals surface area contributed by atoms with E-state index in [0.717, 1.165) is 19.1 Å². The number of hydrogen-bond donors (Lipinski definition) is 2. The first-order chi connectivity index (χ1) is 9.74. The topological polar surface area (TPSA) is 83.5 Å². The number of anilines is 1. The van der Waals surface area contributed by atoms with E-state index in [4.69, 9.17) is 0 Å².